The number of thiazole rings is 1. The van der Waals surface area contributed by atoms with Crippen LogP contribution >= 0.6 is 11.3 Å². The molecule has 3 aromatic carbocycles. The van der Waals surface area contributed by atoms with Gasteiger partial charge < -0.3 is 49.9 Å². The minimum atomic E-state index is -0.824. The second-order valence-corrected chi connectivity index (χ2v) is 25.5. The molecule has 5 saturated heterocycles. The first-order valence-corrected chi connectivity index (χ1v) is 30.6. The minimum absolute atomic E-state index is 0.00533. The van der Waals surface area contributed by atoms with E-state index in [4.69, 9.17) is 24.2 Å². The number of amides is 2. The average molecular weight is 1130 g/mol. The molecule has 2 amide bonds. The number of aliphatic hydroxyl groups excluding tert-OH is 1. The van der Waals surface area contributed by atoms with Crippen LogP contribution in [0.5, 0.6) is 11.8 Å². The molecule has 1 aliphatic carbocycles. The number of fused-ring (bicyclic) bond motifs is 6. The predicted molar refractivity (Wildman–Crippen MR) is 316 cm³/mol. The van der Waals surface area contributed by atoms with Gasteiger partial charge in [0.1, 0.15) is 30.1 Å². The van der Waals surface area contributed by atoms with Crippen LogP contribution in [0.25, 0.3) is 43.4 Å². The molecule has 7 atom stereocenters. The van der Waals surface area contributed by atoms with Crippen LogP contribution in [0, 0.1) is 18.8 Å². The lowest BCUT2D eigenvalue weighted by Crippen LogP contribution is -2.51. The molecule has 18 nitrogen and oxygen atoms in total. The topological polar surface area (TPSA) is 219 Å². The highest BCUT2D eigenvalue weighted by molar-refractivity contribution is 7.13. The number of nitrogens with zero attached hydrogens (tertiary/aromatic N) is 9. The number of aromatic nitrogens is 5. The summed E-state index contributed by atoms with van der Waals surface area (Å²) in [5.74, 6) is 1.14. The van der Waals surface area contributed by atoms with Crippen LogP contribution in [0.4, 0.5) is 11.6 Å². The molecule has 82 heavy (non-hydrogen) atoms. The smallest absolute Gasteiger partial charge is 0.319 e. The van der Waals surface area contributed by atoms with Gasteiger partial charge in [0.2, 0.25) is 11.8 Å². The van der Waals surface area contributed by atoms with Crippen molar-refractivity contribution in [3.05, 3.63) is 101 Å². The van der Waals surface area contributed by atoms with Crippen LogP contribution in [0.1, 0.15) is 125 Å². The molecule has 9 heterocycles. The number of rotatable bonds is 15. The molecule has 0 spiro atoms. The highest BCUT2D eigenvalue weighted by Gasteiger charge is 2.44. The van der Waals surface area contributed by atoms with E-state index in [0.717, 1.165) is 137 Å². The number of benzene rings is 3. The third kappa shape index (κ3) is 10.4. The molecule has 3 unspecified atom stereocenters. The number of aromatic hydroxyl groups is 1. The summed E-state index contributed by atoms with van der Waals surface area (Å²) in [6, 6.07) is 19.9. The van der Waals surface area contributed by atoms with Gasteiger partial charge in [0, 0.05) is 100 Å². The molecule has 19 heteroatoms. The lowest BCUT2D eigenvalue weighted by atomic mass is 9.79. The number of carbonyl (C=O) groups excluding carboxylic acids is 2. The summed E-state index contributed by atoms with van der Waals surface area (Å²) in [6.45, 7) is 16.0. The summed E-state index contributed by atoms with van der Waals surface area (Å²) in [5.41, 5.74) is 8.88. The van der Waals surface area contributed by atoms with Crippen LogP contribution in [-0.4, -0.2) is 151 Å². The third-order valence-corrected chi connectivity index (χ3v) is 19.8. The lowest BCUT2D eigenvalue weighted by molar-refractivity contribution is -0.141. The largest absolute Gasteiger partial charge is 0.508 e. The first-order chi connectivity index (χ1) is 39.6. The number of ether oxygens (including phenoxy) is 1. The van der Waals surface area contributed by atoms with E-state index in [-0.39, 0.29) is 48.4 Å². The Balaban J connectivity index is 0.611. The molecule has 5 N–H and O–H groups in total. The van der Waals surface area contributed by atoms with Crippen LogP contribution in [0.2, 0.25) is 0 Å². The van der Waals surface area contributed by atoms with Crippen molar-refractivity contribution < 1.29 is 34.2 Å². The number of phenols is 1. The number of β-amino-alcohol motifs (C(OH)–C–C–N with tert-alkyl or cyclic N) is 1. The number of aryl methyl sites for hydroxylation is 1. The maximum Gasteiger partial charge on any atom is 0.319 e. The lowest BCUT2D eigenvalue weighted by Gasteiger charge is -2.41. The van der Waals surface area contributed by atoms with Gasteiger partial charge in [-0.25, -0.2) is 4.98 Å². The molecule has 5 aliphatic heterocycles. The van der Waals surface area contributed by atoms with E-state index in [1.54, 1.807) is 11.3 Å². The number of piperazine rings is 1. The van der Waals surface area contributed by atoms with Gasteiger partial charge in [-0.3, -0.25) is 19.5 Å². The van der Waals surface area contributed by atoms with Gasteiger partial charge >= 0.3 is 6.01 Å². The summed E-state index contributed by atoms with van der Waals surface area (Å²) in [6.07, 6.45) is 7.46. The fourth-order valence-corrected chi connectivity index (χ4v) is 15.2. The van der Waals surface area contributed by atoms with Gasteiger partial charge in [-0.2, -0.15) is 9.97 Å². The van der Waals surface area contributed by atoms with Gasteiger partial charge in [0.15, 0.2) is 11.6 Å². The van der Waals surface area contributed by atoms with Crippen LogP contribution in [0.3, 0.4) is 0 Å². The van der Waals surface area contributed by atoms with Crippen molar-refractivity contribution in [1.29, 1.82) is 0 Å². The summed E-state index contributed by atoms with van der Waals surface area (Å²) in [7, 11) is 0. The number of anilines is 2. The van der Waals surface area contributed by atoms with E-state index < -0.39 is 23.7 Å². The molecule has 4 aromatic heterocycles. The Kier molecular flexibility index (Phi) is 14.7. The van der Waals surface area contributed by atoms with Crippen molar-refractivity contribution >= 4 is 56.5 Å². The molecule has 7 aromatic rings. The van der Waals surface area contributed by atoms with Crippen LogP contribution in [-0.2, 0) is 9.59 Å². The zero-order valence-corrected chi connectivity index (χ0v) is 48.4. The number of pyridine rings is 1. The summed E-state index contributed by atoms with van der Waals surface area (Å²) >= 11 is 1.59. The second kappa shape index (κ2) is 22.1. The third-order valence-electron chi connectivity index (χ3n) is 18.8. The van der Waals surface area contributed by atoms with Gasteiger partial charge in [0.25, 0.3) is 0 Å². The summed E-state index contributed by atoms with van der Waals surface area (Å²) in [4.78, 5) is 57.7. The van der Waals surface area contributed by atoms with E-state index in [0.29, 0.717) is 61.6 Å². The summed E-state index contributed by atoms with van der Waals surface area (Å²) < 4.78 is 12.5. The zero-order chi connectivity index (χ0) is 56.6. The van der Waals surface area contributed by atoms with Crippen LogP contribution < -0.4 is 25.2 Å². The van der Waals surface area contributed by atoms with Gasteiger partial charge in [-0.1, -0.05) is 68.4 Å². The highest BCUT2D eigenvalue weighted by Crippen LogP contribution is 2.49. The first-order valence-electron chi connectivity index (χ1n) is 29.7. The summed E-state index contributed by atoms with van der Waals surface area (Å²) in [5, 5.41) is 48.0. The van der Waals surface area contributed by atoms with Crippen LogP contribution in [0.15, 0.2) is 76.9 Å². The molecule has 2 bridgehead atoms. The number of aliphatic hydroxyl groups is 2. The number of phenolic OH excluding ortho intramolecular Hbond substituents is 1. The average Bonchev–Trinajstić information content (AvgIpc) is 3.85. The second-order valence-electron chi connectivity index (χ2n) is 24.7. The molecule has 0 saturated carbocycles. The van der Waals surface area contributed by atoms with E-state index in [1.807, 2.05) is 87.9 Å². The van der Waals surface area contributed by atoms with E-state index in [1.165, 1.54) is 10.5 Å². The Morgan fingerprint density at radius 3 is 2.44 bits per heavy atom. The van der Waals surface area contributed by atoms with Gasteiger partial charge in [-0.15, -0.1) is 11.3 Å². The number of carbonyl (C=O) groups is 2. The molecule has 430 valence electrons. The van der Waals surface area contributed by atoms with Gasteiger partial charge in [0.05, 0.1) is 50.4 Å². The Morgan fingerprint density at radius 1 is 0.939 bits per heavy atom. The molecule has 13 rings (SSSR count). The Labute approximate surface area is 482 Å². The van der Waals surface area contributed by atoms with Gasteiger partial charge in [-0.05, 0) is 110 Å². The van der Waals surface area contributed by atoms with E-state index >= 15 is 0 Å². The number of likely N-dealkylation sites (tertiary alicyclic amines) is 2. The van der Waals surface area contributed by atoms with E-state index in [2.05, 4.69) is 54.5 Å². The van der Waals surface area contributed by atoms with Crippen molar-refractivity contribution in [2.75, 3.05) is 68.8 Å². The fourth-order valence-electron chi connectivity index (χ4n) is 14.4. The Hall–Kier alpha value is -6.77. The highest BCUT2D eigenvalue weighted by atomic mass is 32.1. The van der Waals surface area contributed by atoms with Crippen molar-refractivity contribution in [1.82, 2.24) is 45.5 Å². The quantitative estimate of drug-likeness (QED) is 0.0650. The molecular weight excluding hydrogens is 1050 g/mol. The van der Waals surface area contributed by atoms with E-state index in [9.17, 15) is 24.9 Å². The monoisotopic (exact) mass is 1130 g/mol. The number of nitrogens with one attached hydrogen (secondary N) is 2. The first kappa shape index (κ1) is 54.5. The molecular formula is C63H75N11O7S. The van der Waals surface area contributed by atoms with Crippen molar-refractivity contribution in [2.24, 2.45) is 11.8 Å². The Bertz CT molecular complexity index is 3510. The molecule has 5 fully saturated rings. The van der Waals surface area contributed by atoms with Crippen molar-refractivity contribution in [2.45, 2.75) is 134 Å². The molecule has 6 aliphatic rings. The SMILES string of the molecule is Cc1ncsc1-c1ccc([C@H](C)NC(=O)[C@@H]2C[C@@H](O)CN2C(=O)[C@@H](c2cc(N3CCC(CC4(O)CCN(CCOc5nc(N6CC7CCC(C6)N7)c6cnc7c(c6n5)C(C)c5cccc6cc(O)cc-7c56)CC4)CC3)no2)C(C)C)cc1. The normalized spacial score (nSPS) is 23.4. The fraction of sp³-hybridized carbons (Fsp3) is 0.508. The minimum Gasteiger partial charge on any atom is -0.508 e. The van der Waals surface area contributed by atoms with Crippen molar-refractivity contribution in [3.8, 4) is 33.5 Å². The maximum absolute atomic E-state index is 14.5. The number of hydrogen-bond acceptors (Lipinski definition) is 17. The zero-order valence-electron chi connectivity index (χ0n) is 47.6. The number of piperidine rings is 2. The van der Waals surface area contributed by atoms with Crippen molar-refractivity contribution in [3.63, 3.8) is 0 Å². The predicted octanol–water partition coefficient (Wildman–Crippen LogP) is 8.47. The Morgan fingerprint density at radius 2 is 1.71 bits per heavy atom. The number of hydrogen-bond donors (Lipinski definition) is 5. The molecule has 0 radical (unpaired) electrons. The maximum atomic E-state index is 14.5. The standard InChI is InChI=1S/C63H75N11O7S/c1-35(2)53(61(78)74-33-46(76)27-50(74)60(77)66-37(4)40-9-11-41(12-10-40)58-38(5)65-34-82-58)51-28-52(70-81-51)72-19-15-39(16-20-72)29-63(79)17-21-71(22-18-63)23-24-80-62-68-57-49(59(69-62)73-31-43-13-14-44(32-73)67-43)30-64-56-48-26-45(75)25-42-7-6-8-47(55(42)48)36(3)54(56)57/h6-12,25-26,28,30,34-37,39,43-44,46,50,53,67,75-76,79H,13-24,27,29,31-33H2,1-5H3,(H,66,77)/t36?,37-,43?,44?,46+,50-,53+/m0/s1.